The molecule has 0 aliphatic rings. The number of hydrogen-bond donors (Lipinski definition) is 2. The summed E-state index contributed by atoms with van der Waals surface area (Å²) in [6.45, 7) is 7.65. The van der Waals surface area contributed by atoms with Gasteiger partial charge in [-0.1, -0.05) is 50.6 Å². The van der Waals surface area contributed by atoms with Gasteiger partial charge in [0.25, 0.3) is 0 Å². The second-order valence-corrected chi connectivity index (χ2v) is 8.12. The fourth-order valence-corrected chi connectivity index (χ4v) is 3.08. The van der Waals surface area contributed by atoms with Crippen molar-refractivity contribution in [3.63, 3.8) is 0 Å². The summed E-state index contributed by atoms with van der Waals surface area (Å²) in [5, 5.41) is 7.25. The standard InChI is InChI=1S/C22H24ClFN4/c1-22(2,3)20-16(13-25-12-15-7-9-18(24)10-8-15)14-26-21(28-20)27-19-6-4-5-17(23)11-19/h4-11,14,25H,12-13H2,1-3H3,(H,26,27,28). The summed E-state index contributed by atoms with van der Waals surface area (Å²) >= 11 is 6.05. The lowest BCUT2D eigenvalue weighted by Gasteiger charge is -2.22. The van der Waals surface area contributed by atoms with Crippen LogP contribution < -0.4 is 10.6 Å². The molecule has 28 heavy (non-hydrogen) atoms. The Kier molecular flexibility index (Phi) is 6.27. The van der Waals surface area contributed by atoms with E-state index >= 15 is 0 Å². The molecule has 0 spiro atoms. The first-order chi connectivity index (χ1) is 13.3. The molecule has 2 N–H and O–H groups in total. The van der Waals surface area contributed by atoms with Gasteiger partial charge in [0.15, 0.2) is 0 Å². The molecular weight excluding hydrogens is 375 g/mol. The first-order valence-electron chi connectivity index (χ1n) is 9.15. The van der Waals surface area contributed by atoms with E-state index in [-0.39, 0.29) is 11.2 Å². The van der Waals surface area contributed by atoms with Gasteiger partial charge in [-0.25, -0.2) is 14.4 Å². The molecule has 146 valence electrons. The highest BCUT2D eigenvalue weighted by atomic mass is 35.5. The van der Waals surface area contributed by atoms with Gasteiger partial charge in [-0.2, -0.15) is 0 Å². The number of rotatable bonds is 6. The molecule has 0 aliphatic carbocycles. The SMILES string of the molecule is CC(C)(C)c1nc(Nc2cccc(Cl)c2)ncc1CNCc1ccc(F)cc1. The summed E-state index contributed by atoms with van der Waals surface area (Å²) in [6.07, 6.45) is 1.85. The molecule has 0 unspecified atom stereocenters. The average molecular weight is 399 g/mol. The van der Waals surface area contributed by atoms with Crippen LogP contribution in [-0.2, 0) is 18.5 Å². The van der Waals surface area contributed by atoms with Crippen LogP contribution in [0.2, 0.25) is 5.02 Å². The van der Waals surface area contributed by atoms with Crippen LogP contribution in [0, 0.1) is 5.82 Å². The maximum absolute atomic E-state index is 13.0. The van der Waals surface area contributed by atoms with E-state index in [9.17, 15) is 4.39 Å². The van der Waals surface area contributed by atoms with Crippen LogP contribution in [0.15, 0.2) is 54.7 Å². The summed E-state index contributed by atoms with van der Waals surface area (Å²) in [5.41, 5.74) is 3.74. The third-order valence-electron chi connectivity index (χ3n) is 4.21. The van der Waals surface area contributed by atoms with E-state index in [1.807, 2.05) is 30.5 Å². The van der Waals surface area contributed by atoms with Crippen LogP contribution in [0.25, 0.3) is 0 Å². The van der Waals surface area contributed by atoms with Gasteiger partial charge in [-0.05, 0) is 35.9 Å². The number of halogens is 2. The Labute approximate surface area is 170 Å². The van der Waals surface area contributed by atoms with Crippen molar-refractivity contribution in [2.45, 2.75) is 39.3 Å². The zero-order valence-electron chi connectivity index (χ0n) is 16.3. The van der Waals surface area contributed by atoms with Gasteiger partial charge in [-0.15, -0.1) is 0 Å². The van der Waals surface area contributed by atoms with Gasteiger partial charge in [0, 0.05) is 41.0 Å². The second kappa shape index (κ2) is 8.67. The number of hydrogen-bond acceptors (Lipinski definition) is 4. The summed E-state index contributed by atoms with van der Waals surface area (Å²) < 4.78 is 13.0. The van der Waals surface area contributed by atoms with Crippen molar-refractivity contribution in [1.29, 1.82) is 0 Å². The summed E-state index contributed by atoms with van der Waals surface area (Å²) in [4.78, 5) is 9.21. The molecule has 6 heteroatoms. The lowest BCUT2D eigenvalue weighted by molar-refractivity contribution is 0.550. The van der Waals surface area contributed by atoms with Gasteiger partial charge in [0.1, 0.15) is 5.82 Å². The quantitative estimate of drug-likeness (QED) is 0.567. The highest BCUT2D eigenvalue weighted by Gasteiger charge is 2.21. The van der Waals surface area contributed by atoms with Crippen molar-refractivity contribution in [2.75, 3.05) is 5.32 Å². The minimum Gasteiger partial charge on any atom is -0.324 e. The van der Waals surface area contributed by atoms with E-state index in [1.165, 1.54) is 12.1 Å². The van der Waals surface area contributed by atoms with Crippen LogP contribution in [0.1, 0.15) is 37.6 Å². The van der Waals surface area contributed by atoms with Crippen LogP contribution >= 0.6 is 11.6 Å². The third-order valence-corrected chi connectivity index (χ3v) is 4.45. The van der Waals surface area contributed by atoms with Crippen LogP contribution in [0.5, 0.6) is 0 Å². The lowest BCUT2D eigenvalue weighted by Crippen LogP contribution is -2.22. The summed E-state index contributed by atoms with van der Waals surface area (Å²) in [5.74, 6) is 0.310. The van der Waals surface area contributed by atoms with Gasteiger partial charge < -0.3 is 10.6 Å². The number of anilines is 2. The van der Waals surface area contributed by atoms with Crippen LogP contribution in [-0.4, -0.2) is 9.97 Å². The van der Waals surface area contributed by atoms with Crippen LogP contribution in [0.4, 0.5) is 16.0 Å². The number of nitrogens with one attached hydrogen (secondary N) is 2. The van der Waals surface area contributed by atoms with Crippen molar-refractivity contribution >= 4 is 23.2 Å². The predicted molar refractivity (Wildman–Crippen MR) is 112 cm³/mol. The van der Waals surface area contributed by atoms with Crippen molar-refractivity contribution < 1.29 is 4.39 Å². The summed E-state index contributed by atoms with van der Waals surface area (Å²) in [6, 6.07) is 14.0. The van der Waals surface area contributed by atoms with Gasteiger partial charge >= 0.3 is 0 Å². The zero-order valence-corrected chi connectivity index (χ0v) is 17.0. The molecule has 3 aromatic rings. The molecular formula is C22H24ClFN4. The van der Waals surface area contributed by atoms with E-state index in [0.717, 1.165) is 22.5 Å². The molecule has 0 saturated carbocycles. The number of aromatic nitrogens is 2. The first-order valence-corrected chi connectivity index (χ1v) is 9.53. The minimum absolute atomic E-state index is 0.138. The topological polar surface area (TPSA) is 49.8 Å². The van der Waals surface area contributed by atoms with E-state index in [0.29, 0.717) is 24.1 Å². The van der Waals surface area contributed by atoms with Crippen LogP contribution in [0.3, 0.4) is 0 Å². The Morgan fingerprint density at radius 3 is 2.46 bits per heavy atom. The Bertz CT molecular complexity index is 936. The fraction of sp³-hybridized carbons (Fsp3) is 0.273. The highest BCUT2D eigenvalue weighted by molar-refractivity contribution is 6.30. The first kappa shape index (κ1) is 20.2. The number of benzene rings is 2. The Balaban J connectivity index is 1.74. The van der Waals surface area contributed by atoms with E-state index in [2.05, 4.69) is 36.4 Å². The van der Waals surface area contributed by atoms with Crippen molar-refractivity contribution in [1.82, 2.24) is 15.3 Å². The monoisotopic (exact) mass is 398 g/mol. The molecule has 0 aliphatic heterocycles. The molecule has 0 amide bonds. The predicted octanol–water partition coefficient (Wildman–Crippen LogP) is 5.60. The van der Waals surface area contributed by atoms with E-state index in [1.54, 1.807) is 12.1 Å². The molecule has 0 radical (unpaired) electrons. The van der Waals surface area contributed by atoms with Crippen molar-refractivity contribution in [3.8, 4) is 0 Å². The van der Waals surface area contributed by atoms with Gasteiger partial charge in [-0.3, -0.25) is 0 Å². The van der Waals surface area contributed by atoms with E-state index in [4.69, 9.17) is 16.6 Å². The van der Waals surface area contributed by atoms with Crippen molar-refractivity contribution in [2.24, 2.45) is 0 Å². The molecule has 1 aromatic heterocycles. The Morgan fingerprint density at radius 1 is 1.04 bits per heavy atom. The van der Waals surface area contributed by atoms with Crippen molar-refractivity contribution in [3.05, 3.63) is 82.4 Å². The molecule has 1 heterocycles. The molecule has 0 fully saturated rings. The molecule has 0 saturated heterocycles. The molecule has 0 atom stereocenters. The molecule has 4 nitrogen and oxygen atoms in total. The molecule has 0 bridgehead atoms. The Morgan fingerprint density at radius 2 is 1.79 bits per heavy atom. The maximum atomic E-state index is 13.0. The minimum atomic E-state index is -0.227. The Hall–Kier alpha value is -2.50. The smallest absolute Gasteiger partial charge is 0.227 e. The normalized spacial score (nSPS) is 11.5. The fourth-order valence-electron chi connectivity index (χ4n) is 2.88. The maximum Gasteiger partial charge on any atom is 0.227 e. The second-order valence-electron chi connectivity index (χ2n) is 7.68. The number of nitrogens with zero attached hydrogens (tertiary/aromatic N) is 2. The summed E-state index contributed by atoms with van der Waals surface area (Å²) in [7, 11) is 0. The third kappa shape index (κ3) is 5.50. The van der Waals surface area contributed by atoms with Gasteiger partial charge in [0.05, 0.1) is 5.69 Å². The lowest BCUT2D eigenvalue weighted by atomic mass is 9.89. The average Bonchev–Trinajstić information content (AvgIpc) is 2.63. The molecule has 2 aromatic carbocycles. The highest BCUT2D eigenvalue weighted by Crippen LogP contribution is 2.26. The largest absolute Gasteiger partial charge is 0.324 e. The van der Waals surface area contributed by atoms with E-state index < -0.39 is 0 Å². The molecule has 3 rings (SSSR count). The zero-order chi connectivity index (χ0) is 20.1. The van der Waals surface area contributed by atoms with Gasteiger partial charge in [0.2, 0.25) is 5.95 Å².